The van der Waals surface area contributed by atoms with E-state index in [0.717, 1.165) is 96.3 Å². The predicted octanol–water partition coefficient (Wildman–Crippen LogP) is 20.6. The van der Waals surface area contributed by atoms with E-state index in [1.54, 1.807) is 0 Å². The molecule has 0 heterocycles. The Morgan fingerprint density at radius 2 is 0.772 bits per heavy atom. The standard InChI is InChI=1S/C69H125N2O7P/c1-7-10-13-16-19-22-25-28-30-32-33-34-35-36-37-39-41-44-47-50-53-56-59-62-69(73)78-67(60-57-54-51-48-45-42-27-24-21-18-15-12-9-3)66(65-77-79(74,75)76-64-63-71(4,5)6)70-68(72)61-58-55-52-49-46-43-40-38-31-29-26-23-20-17-14-11-8-2/h19-20,22-23,28-31,33-34,40,43,57,60,66-67H,7-18,21,24-27,32,35-39,41-42,44-56,58-59,61-65H2,1-6H3,(H-,70,72,74,75)/p+1/b22-19-,23-20-,30-28-,31-29-,34-33-,43-40-,60-57-. The first-order valence-corrected chi connectivity index (χ1v) is 34.4. The lowest BCUT2D eigenvalue weighted by molar-refractivity contribution is -0.870. The van der Waals surface area contributed by atoms with E-state index in [9.17, 15) is 19.0 Å². The van der Waals surface area contributed by atoms with Crippen LogP contribution in [0.4, 0.5) is 0 Å². The molecule has 0 saturated heterocycles. The van der Waals surface area contributed by atoms with Crippen molar-refractivity contribution >= 4 is 19.7 Å². The van der Waals surface area contributed by atoms with Crippen LogP contribution >= 0.6 is 7.82 Å². The lowest BCUT2D eigenvalue weighted by Crippen LogP contribution is -2.47. The maximum atomic E-state index is 13.6. The summed E-state index contributed by atoms with van der Waals surface area (Å²) < 4.78 is 30.7. The monoisotopic (exact) mass is 1130 g/mol. The number of esters is 1. The number of hydrogen-bond donors (Lipinski definition) is 2. The van der Waals surface area contributed by atoms with Crippen LogP contribution in [0.1, 0.15) is 290 Å². The molecule has 0 aliphatic heterocycles. The summed E-state index contributed by atoms with van der Waals surface area (Å²) >= 11 is 0. The van der Waals surface area contributed by atoms with Gasteiger partial charge < -0.3 is 19.4 Å². The van der Waals surface area contributed by atoms with Crippen molar-refractivity contribution in [2.45, 2.75) is 303 Å². The first-order chi connectivity index (χ1) is 38.4. The molecule has 2 N–H and O–H groups in total. The van der Waals surface area contributed by atoms with E-state index >= 15 is 0 Å². The van der Waals surface area contributed by atoms with Gasteiger partial charge >= 0.3 is 13.8 Å². The molecule has 458 valence electrons. The molecular formula is C69H126N2O7P+. The number of unbranched alkanes of at least 4 members (excludes halogenated alkanes) is 31. The Hall–Kier alpha value is -2.81. The second kappa shape index (κ2) is 58.4. The third-order valence-electron chi connectivity index (χ3n) is 14.3. The van der Waals surface area contributed by atoms with E-state index in [-0.39, 0.29) is 31.5 Å². The van der Waals surface area contributed by atoms with Crippen LogP contribution in [0, 0.1) is 0 Å². The Kier molecular flexibility index (Phi) is 56.3. The van der Waals surface area contributed by atoms with Crippen molar-refractivity contribution in [2.24, 2.45) is 0 Å². The molecule has 0 bridgehead atoms. The third kappa shape index (κ3) is 59.6. The Morgan fingerprint density at radius 3 is 1.18 bits per heavy atom. The van der Waals surface area contributed by atoms with Crippen molar-refractivity contribution in [2.75, 3.05) is 40.9 Å². The summed E-state index contributed by atoms with van der Waals surface area (Å²) in [6.07, 6.45) is 77.2. The number of quaternary nitrogens is 1. The number of likely N-dealkylation sites (N-methyl/N-ethyl adjacent to an activating group) is 1. The zero-order valence-electron chi connectivity index (χ0n) is 52.3. The highest BCUT2D eigenvalue weighted by Gasteiger charge is 2.30. The molecule has 0 saturated carbocycles. The molecule has 79 heavy (non-hydrogen) atoms. The fourth-order valence-electron chi connectivity index (χ4n) is 9.19. The van der Waals surface area contributed by atoms with E-state index in [4.69, 9.17) is 13.8 Å². The normalized spacial score (nSPS) is 14.2. The number of rotatable bonds is 59. The minimum absolute atomic E-state index is 0.0321. The van der Waals surface area contributed by atoms with Crippen molar-refractivity contribution in [1.82, 2.24) is 5.32 Å². The second-order valence-corrected chi connectivity index (χ2v) is 24.7. The number of nitrogens with zero attached hydrogens (tertiary/aromatic N) is 1. The summed E-state index contributed by atoms with van der Waals surface area (Å²) in [5, 5.41) is 3.05. The molecule has 1 amide bonds. The van der Waals surface area contributed by atoms with Gasteiger partial charge in [-0.3, -0.25) is 18.6 Å². The number of ether oxygens (including phenoxy) is 1. The number of nitrogens with one attached hydrogen (secondary N) is 1. The Bertz CT molecular complexity index is 1630. The zero-order chi connectivity index (χ0) is 57.9. The largest absolute Gasteiger partial charge is 0.472 e. The van der Waals surface area contributed by atoms with Gasteiger partial charge in [-0.2, -0.15) is 0 Å². The second-order valence-electron chi connectivity index (χ2n) is 23.3. The fraction of sp³-hybridized carbons (Fsp3) is 0.768. The molecule has 3 atom stereocenters. The molecule has 0 aromatic carbocycles. The Labute approximate surface area is 488 Å². The van der Waals surface area contributed by atoms with Crippen LogP contribution in [0.2, 0.25) is 0 Å². The van der Waals surface area contributed by atoms with Crippen molar-refractivity contribution < 1.29 is 37.3 Å². The number of phosphoric ester groups is 1. The maximum Gasteiger partial charge on any atom is 0.472 e. The summed E-state index contributed by atoms with van der Waals surface area (Å²) in [6, 6.07) is -0.866. The molecule has 0 aromatic heterocycles. The SMILES string of the molecule is CCCCC/C=C\C/C=C\C/C=C\CCCCCCCCCCCCC(=O)OC(/C=C\CCCCCCCCCCCCC)C(COP(=O)(O)OCC[N+](C)(C)C)NC(=O)CCCCCC/C=C\C/C=C\C/C=C\CCCCC. The summed E-state index contributed by atoms with van der Waals surface area (Å²) in [5.74, 6) is -0.532. The molecular weight excluding hydrogens is 1000 g/mol. The lowest BCUT2D eigenvalue weighted by Gasteiger charge is -2.27. The van der Waals surface area contributed by atoms with Gasteiger partial charge in [0.2, 0.25) is 5.91 Å². The molecule has 0 aliphatic rings. The van der Waals surface area contributed by atoms with E-state index in [0.29, 0.717) is 17.4 Å². The number of phosphoric acid groups is 1. The number of allylic oxidation sites excluding steroid dienone is 13. The van der Waals surface area contributed by atoms with Gasteiger partial charge in [0.1, 0.15) is 19.3 Å². The van der Waals surface area contributed by atoms with E-state index in [1.807, 2.05) is 33.3 Å². The predicted molar refractivity (Wildman–Crippen MR) is 341 cm³/mol. The number of carbonyl (C=O) groups excluding carboxylic acids is 2. The summed E-state index contributed by atoms with van der Waals surface area (Å²) in [5.41, 5.74) is 0. The molecule has 0 radical (unpaired) electrons. The molecule has 0 aromatic rings. The van der Waals surface area contributed by atoms with Crippen LogP contribution in [0.5, 0.6) is 0 Å². The van der Waals surface area contributed by atoms with E-state index in [2.05, 4.69) is 99.0 Å². The molecule has 9 nitrogen and oxygen atoms in total. The highest BCUT2D eigenvalue weighted by atomic mass is 31.2. The van der Waals surface area contributed by atoms with Crippen LogP contribution in [-0.4, -0.2) is 74.3 Å². The van der Waals surface area contributed by atoms with E-state index in [1.165, 1.54) is 161 Å². The van der Waals surface area contributed by atoms with Gasteiger partial charge in [0.25, 0.3) is 0 Å². The van der Waals surface area contributed by atoms with Gasteiger partial charge in [-0.25, -0.2) is 4.57 Å². The topological polar surface area (TPSA) is 111 Å². The average Bonchev–Trinajstić information content (AvgIpc) is 3.41. The van der Waals surface area contributed by atoms with Crippen LogP contribution in [0.15, 0.2) is 85.1 Å². The van der Waals surface area contributed by atoms with E-state index < -0.39 is 20.0 Å². The first-order valence-electron chi connectivity index (χ1n) is 32.9. The number of carbonyl (C=O) groups is 2. The molecule has 10 heteroatoms. The summed E-state index contributed by atoms with van der Waals surface area (Å²) in [7, 11) is 1.47. The highest BCUT2D eigenvalue weighted by Crippen LogP contribution is 2.43. The Balaban J connectivity index is 5.24. The van der Waals surface area contributed by atoms with Gasteiger partial charge in [0.15, 0.2) is 0 Å². The van der Waals surface area contributed by atoms with Crippen LogP contribution < -0.4 is 5.32 Å². The minimum Gasteiger partial charge on any atom is -0.456 e. The van der Waals surface area contributed by atoms with Crippen molar-refractivity contribution in [3.05, 3.63) is 85.1 Å². The first kappa shape index (κ1) is 76.2. The van der Waals surface area contributed by atoms with Crippen molar-refractivity contribution in [3.8, 4) is 0 Å². The van der Waals surface area contributed by atoms with Gasteiger partial charge in [-0.05, 0) is 109 Å². The zero-order valence-corrected chi connectivity index (χ0v) is 53.2. The third-order valence-corrected chi connectivity index (χ3v) is 15.3. The van der Waals surface area contributed by atoms with Crippen LogP contribution in [-0.2, 0) is 27.9 Å². The molecule has 0 aliphatic carbocycles. The fourth-order valence-corrected chi connectivity index (χ4v) is 9.93. The van der Waals surface area contributed by atoms with Gasteiger partial charge in [0, 0.05) is 12.8 Å². The maximum absolute atomic E-state index is 13.6. The van der Waals surface area contributed by atoms with Crippen molar-refractivity contribution in [1.29, 1.82) is 0 Å². The molecule has 3 unspecified atom stereocenters. The summed E-state index contributed by atoms with van der Waals surface area (Å²) in [4.78, 5) is 37.8. The average molecular weight is 1130 g/mol. The minimum atomic E-state index is -4.46. The lowest BCUT2D eigenvalue weighted by atomic mass is 10.0. The van der Waals surface area contributed by atoms with Gasteiger partial charge in [0.05, 0.1) is 33.8 Å². The van der Waals surface area contributed by atoms with Gasteiger partial charge in [-0.15, -0.1) is 0 Å². The highest BCUT2D eigenvalue weighted by molar-refractivity contribution is 7.47. The Morgan fingerprint density at radius 1 is 0.443 bits per heavy atom. The molecule has 0 rings (SSSR count). The quantitative estimate of drug-likeness (QED) is 0.0205. The molecule has 0 spiro atoms. The smallest absolute Gasteiger partial charge is 0.456 e. The number of amides is 1. The summed E-state index contributed by atoms with van der Waals surface area (Å²) in [6.45, 7) is 6.95. The van der Waals surface area contributed by atoms with Gasteiger partial charge in [-0.1, -0.05) is 254 Å². The number of hydrogen-bond acceptors (Lipinski definition) is 6. The van der Waals surface area contributed by atoms with Crippen molar-refractivity contribution in [3.63, 3.8) is 0 Å². The molecule has 0 fully saturated rings. The van der Waals surface area contributed by atoms with Crippen LogP contribution in [0.3, 0.4) is 0 Å². The van der Waals surface area contributed by atoms with Crippen LogP contribution in [0.25, 0.3) is 0 Å².